The molecule has 4 rings (SSSR count). The van der Waals surface area contributed by atoms with Crippen molar-refractivity contribution in [3.63, 3.8) is 0 Å². The van der Waals surface area contributed by atoms with Crippen molar-refractivity contribution in [1.82, 2.24) is 0 Å². The van der Waals surface area contributed by atoms with Crippen molar-refractivity contribution in [3.05, 3.63) is 79.7 Å². The van der Waals surface area contributed by atoms with Crippen LogP contribution in [0.3, 0.4) is 0 Å². The van der Waals surface area contributed by atoms with Gasteiger partial charge in [-0.05, 0) is 0 Å². The predicted octanol–water partition coefficient (Wildman–Crippen LogP) is 2.71. The molecule has 2 aliphatic carbocycles. The monoisotopic (exact) mass is 588 g/mol. The topological polar surface area (TPSA) is 0 Å². The van der Waals surface area contributed by atoms with Gasteiger partial charge in [-0.3, -0.25) is 0 Å². The molecule has 0 saturated heterocycles. The number of benzene rings is 2. The van der Waals surface area contributed by atoms with E-state index in [2.05, 4.69) is 117 Å². The van der Waals surface area contributed by atoms with Crippen LogP contribution >= 0.6 is 0 Å². The summed E-state index contributed by atoms with van der Waals surface area (Å²) in [7, 11) is 0. The molecule has 0 fully saturated rings. The molecule has 0 heterocycles. The Kier molecular flexibility index (Phi) is 9.24. The Labute approximate surface area is 228 Å². The molecule has 2 aromatic carbocycles. The Hall–Kier alpha value is -0.400. The molecule has 1 atom stereocenters. The maximum absolute atomic E-state index is 2.61. The van der Waals surface area contributed by atoms with Crippen molar-refractivity contribution in [1.29, 1.82) is 0 Å². The number of halogens is 2. The molecule has 182 valence electrons. The van der Waals surface area contributed by atoms with Crippen molar-refractivity contribution in [3.8, 4) is 11.1 Å². The first kappa shape index (κ1) is 29.8. The molecule has 0 spiro atoms. The number of allylic oxidation sites excluding steroid dienone is 4. The second-order valence-corrected chi connectivity index (χ2v) is 29.5. The Morgan fingerprint density at radius 1 is 0.765 bits per heavy atom. The van der Waals surface area contributed by atoms with Gasteiger partial charge in [0.05, 0.1) is 0 Å². The summed E-state index contributed by atoms with van der Waals surface area (Å²) in [6.07, 6.45) is 4.88. The van der Waals surface area contributed by atoms with E-state index in [-0.39, 0.29) is 41.1 Å². The first-order valence-corrected chi connectivity index (χ1v) is 21.0. The van der Waals surface area contributed by atoms with Gasteiger partial charge in [0.2, 0.25) is 0 Å². The average Bonchev–Trinajstić information content (AvgIpc) is 3.18. The maximum atomic E-state index is 2.61. The van der Waals surface area contributed by atoms with Crippen molar-refractivity contribution >= 4 is 5.43 Å². The van der Waals surface area contributed by atoms with Crippen LogP contribution in [0.1, 0.15) is 81.3 Å². The maximum Gasteiger partial charge on any atom is -1.00 e. The van der Waals surface area contributed by atoms with Crippen LogP contribution < -0.4 is 24.8 Å². The second-order valence-electron chi connectivity index (χ2n) is 12.2. The molecule has 2 aromatic rings. The fraction of sp³-hybridized carbons (Fsp3) is 0.467. The van der Waals surface area contributed by atoms with Gasteiger partial charge >= 0.3 is 205 Å². The van der Waals surface area contributed by atoms with Crippen LogP contribution in [0.5, 0.6) is 0 Å². The normalized spacial score (nSPS) is 16.9. The van der Waals surface area contributed by atoms with Gasteiger partial charge in [-0.25, -0.2) is 0 Å². The summed E-state index contributed by atoms with van der Waals surface area (Å²) < 4.78 is 2.54. The summed E-state index contributed by atoms with van der Waals surface area (Å²) in [5.41, 5.74) is 10.9. The van der Waals surface area contributed by atoms with E-state index in [0.29, 0.717) is 9.54 Å². The molecule has 0 saturated carbocycles. The van der Waals surface area contributed by atoms with Gasteiger partial charge in [0, 0.05) is 0 Å². The number of fused-ring (bicyclic) bond motifs is 3. The minimum absolute atomic E-state index is 0. The largest absolute Gasteiger partial charge is 1.00 e. The molecule has 4 heteroatoms. The van der Waals surface area contributed by atoms with Crippen LogP contribution in [0, 0.1) is 5.92 Å². The molecule has 2 aliphatic rings. The van der Waals surface area contributed by atoms with Gasteiger partial charge < -0.3 is 24.8 Å². The SMILES string of the molecule is CC1=[C]([Zr+2]([CH]2c3cc(C(C)(C)C)ccc3-c3ccc(C(C)(C)C)cc32)=[Si](C)C)C(C)C=C1.[Cl-].[Cl-]. The zero-order chi connectivity index (χ0) is 23.6. The first-order valence-electron chi connectivity index (χ1n) is 12.2. The van der Waals surface area contributed by atoms with Crippen molar-refractivity contribution < 1.29 is 45.2 Å². The molecular weight excluding hydrogens is 551 g/mol. The Morgan fingerprint density at radius 2 is 1.21 bits per heavy atom. The molecule has 34 heavy (non-hydrogen) atoms. The molecule has 0 aliphatic heterocycles. The predicted molar refractivity (Wildman–Crippen MR) is 140 cm³/mol. The van der Waals surface area contributed by atoms with Gasteiger partial charge in [-0.15, -0.1) is 0 Å². The van der Waals surface area contributed by atoms with Crippen LogP contribution in [-0.4, -0.2) is 5.43 Å². The Morgan fingerprint density at radius 3 is 1.53 bits per heavy atom. The third kappa shape index (κ3) is 5.32. The van der Waals surface area contributed by atoms with Crippen LogP contribution in [-0.2, 0) is 31.2 Å². The fourth-order valence-electron chi connectivity index (χ4n) is 5.51. The summed E-state index contributed by atoms with van der Waals surface area (Å²) in [6, 6.07) is 14.9. The average molecular weight is 591 g/mol. The molecule has 0 radical (unpaired) electrons. The molecule has 0 nitrogen and oxygen atoms in total. The smallest absolute Gasteiger partial charge is 1.00 e. The molecule has 1 unspecified atom stereocenters. The standard InChI is InChI=1S/C21H25.C7H9.C2H6Si.2ClH.Zr/c1-20(2,3)16-7-9-18-14(12-16)11-15-13-17(21(4,5)6)8-10-19(15)18;1-6-3-4-7(2)5-6;1-3-2;;;/h7-13H,1-6H3;3-4,6H,1-2H3;1-2H3;2*1H;/q;;;;;+2/p-2. The van der Waals surface area contributed by atoms with E-state index in [1.807, 2.05) is 3.28 Å². The second kappa shape index (κ2) is 10.5. The number of hydrogen-bond donors (Lipinski definition) is 0. The van der Waals surface area contributed by atoms with Crippen molar-refractivity contribution in [2.45, 2.75) is 82.9 Å². The van der Waals surface area contributed by atoms with E-state index in [0.717, 1.165) is 0 Å². The van der Waals surface area contributed by atoms with Gasteiger partial charge in [0.25, 0.3) is 0 Å². The summed E-state index contributed by atoms with van der Waals surface area (Å²) in [5, 5.41) is 0. The molecular formula is C30H40Cl2SiZr. The minimum atomic E-state index is -2.00. The van der Waals surface area contributed by atoms with Crippen LogP contribution in [0.4, 0.5) is 0 Å². The first-order chi connectivity index (χ1) is 14.8. The van der Waals surface area contributed by atoms with E-state index in [1.165, 1.54) is 22.3 Å². The van der Waals surface area contributed by atoms with E-state index in [9.17, 15) is 0 Å². The molecule has 0 amide bonds. The zero-order valence-corrected chi connectivity index (χ0v) is 27.5. The minimum Gasteiger partial charge on any atom is -1.00 e. The van der Waals surface area contributed by atoms with Crippen molar-refractivity contribution in [2.24, 2.45) is 5.92 Å². The fourth-order valence-corrected chi connectivity index (χ4v) is 25.4. The summed E-state index contributed by atoms with van der Waals surface area (Å²) in [5.74, 6) is 0.633. The van der Waals surface area contributed by atoms with E-state index in [4.69, 9.17) is 0 Å². The van der Waals surface area contributed by atoms with Crippen molar-refractivity contribution in [2.75, 3.05) is 0 Å². The van der Waals surface area contributed by atoms with Crippen LogP contribution in [0.25, 0.3) is 11.1 Å². The Bertz CT molecular complexity index is 1120. The van der Waals surface area contributed by atoms with Crippen LogP contribution in [0.2, 0.25) is 13.1 Å². The Balaban J connectivity index is 0.00000204. The number of hydrogen-bond acceptors (Lipinski definition) is 0. The summed E-state index contributed by atoms with van der Waals surface area (Å²) in [6.45, 7) is 24.2. The summed E-state index contributed by atoms with van der Waals surface area (Å²) in [4.78, 5) is 0. The summed E-state index contributed by atoms with van der Waals surface area (Å²) >= 11 is -2.00. The molecule has 0 aromatic heterocycles. The molecule has 0 N–H and O–H groups in total. The van der Waals surface area contributed by atoms with Gasteiger partial charge in [0.15, 0.2) is 0 Å². The zero-order valence-electron chi connectivity index (χ0n) is 22.5. The van der Waals surface area contributed by atoms with Gasteiger partial charge in [0.1, 0.15) is 0 Å². The third-order valence-corrected chi connectivity index (χ3v) is 26.2. The quantitative estimate of drug-likeness (QED) is 0.472. The molecule has 0 bridgehead atoms. The van der Waals surface area contributed by atoms with Crippen LogP contribution in [0.15, 0.2) is 57.4 Å². The van der Waals surface area contributed by atoms with Gasteiger partial charge in [-0.1, -0.05) is 0 Å². The van der Waals surface area contributed by atoms with E-state index < -0.39 is 20.4 Å². The van der Waals surface area contributed by atoms with E-state index in [1.54, 1.807) is 16.7 Å². The van der Waals surface area contributed by atoms with Gasteiger partial charge in [-0.2, -0.15) is 0 Å². The third-order valence-electron chi connectivity index (χ3n) is 7.38. The van der Waals surface area contributed by atoms with E-state index >= 15 is 0 Å². The number of rotatable bonds is 2.